The molecule has 2 aromatic rings. The molecule has 0 amide bonds. The van der Waals surface area contributed by atoms with Gasteiger partial charge < -0.3 is 5.32 Å². The first-order valence-electron chi connectivity index (χ1n) is 5.85. The maximum Gasteiger partial charge on any atom is 0.152 e. The van der Waals surface area contributed by atoms with E-state index in [1.165, 1.54) is 11.1 Å². The molecule has 3 nitrogen and oxygen atoms in total. The highest BCUT2D eigenvalue weighted by molar-refractivity contribution is 5.73. The van der Waals surface area contributed by atoms with E-state index in [2.05, 4.69) is 54.3 Å². The van der Waals surface area contributed by atoms with Crippen LogP contribution >= 0.6 is 0 Å². The van der Waals surface area contributed by atoms with E-state index in [1.54, 1.807) is 12.4 Å². The molecule has 0 bridgehead atoms. The van der Waals surface area contributed by atoms with Gasteiger partial charge in [-0.3, -0.25) is 4.98 Å². The Labute approximate surface area is 102 Å². The van der Waals surface area contributed by atoms with Crippen LogP contribution in [0.2, 0.25) is 0 Å². The second-order valence-electron chi connectivity index (χ2n) is 4.10. The summed E-state index contributed by atoms with van der Waals surface area (Å²) < 4.78 is 0. The standard InChI is InChI=1S/C14H17N3/c1-4-15-14-13(16-7-8-17-14)12-6-5-10(2)9-11(12)3/h5-9H,4H2,1-3H3,(H,15,17). The van der Waals surface area contributed by atoms with E-state index in [-0.39, 0.29) is 0 Å². The molecular formula is C14H17N3. The fourth-order valence-corrected chi connectivity index (χ4v) is 1.91. The van der Waals surface area contributed by atoms with Crippen molar-refractivity contribution in [1.82, 2.24) is 9.97 Å². The van der Waals surface area contributed by atoms with E-state index in [0.29, 0.717) is 0 Å². The van der Waals surface area contributed by atoms with E-state index >= 15 is 0 Å². The summed E-state index contributed by atoms with van der Waals surface area (Å²) in [5.41, 5.74) is 4.55. The fraction of sp³-hybridized carbons (Fsp3) is 0.286. The van der Waals surface area contributed by atoms with Crippen LogP contribution in [0.4, 0.5) is 5.82 Å². The zero-order valence-corrected chi connectivity index (χ0v) is 10.5. The van der Waals surface area contributed by atoms with Crippen LogP contribution < -0.4 is 5.32 Å². The SMILES string of the molecule is CCNc1nccnc1-c1ccc(C)cc1C. The molecule has 88 valence electrons. The molecule has 0 saturated heterocycles. The van der Waals surface area contributed by atoms with Gasteiger partial charge >= 0.3 is 0 Å². The van der Waals surface area contributed by atoms with Crippen molar-refractivity contribution in [2.45, 2.75) is 20.8 Å². The molecule has 0 fully saturated rings. The largest absolute Gasteiger partial charge is 0.369 e. The van der Waals surface area contributed by atoms with Crippen molar-refractivity contribution in [2.75, 3.05) is 11.9 Å². The fourth-order valence-electron chi connectivity index (χ4n) is 1.91. The van der Waals surface area contributed by atoms with Crippen LogP contribution in [0.3, 0.4) is 0 Å². The second kappa shape index (κ2) is 4.95. The van der Waals surface area contributed by atoms with E-state index in [1.807, 2.05) is 0 Å². The summed E-state index contributed by atoms with van der Waals surface area (Å²) >= 11 is 0. The Kier molecular flexibility index (Phi) is 3.38. The third kappa shape index (κ3) is 2.44. The van der Waals surface area contributed by atoms with Crippen molar-refractivity contribution in [3.05, 3.63) is 41.7 Å². The molecule has 0 aliphatic rings. The lowest BCUT2D eigenvalue weighted by atomic mass is 10.0. The third-order valence-electron chi connectivity index (χ3n) is 2.68. The van der Waals surface area contributed by atoms with E-state index in [4.69, 9.17) is 0 Å². The smallest absolute Gasteiger partial charge is 0.152 e. The number of benzene rings is 1. The quantitative estimate of drug-likeness (QED) is 0.875. The van der Waals surface area contributed by atoms with Gasteiger partial charge in [-0.25, -0.2) is 4.98 Å². The number of rotatable bonds is 3. The third-order valence-corrected chi connectivity index (χ3v) is 2.68. The molecule has 0 aliphatic carbocycles. The highest BCUT2D eigenvalue weighted by atomic mass is 15.0. The molecule has 17 heavy (non-hydrogen) atoms. The molecule has 0 unspecified atom stereocenters. The van der Waals surface area contributed by atoms with Gasteiger partial charge in [-0.15, -0.1) is 0 Å². The molecule has 0 radical (unpaired) electrons. The van der Waals surface area contributed by atoms with Gasteiger partial charge in [-0.1, -0.05) is 23.8 Å². The van der Waals surface area contributed by atoms with Crippen molar-refractivity contribution >= 4 is 5.82 Å². The predicted octanol–water partition coefficient (Wildman–Crippen LogP) is 3.19. The summed E-state index contributed by atoms with van der Waals surface area (Å²) in [6.07, 6.45) is 3.44. The molecule has 1 aromatic heterocycles. The molecule has 0 saturated carbocycles. The number of aromatic nitrogens is 2. The van der Waals surface area contributed by atoms with Gasteiger partial charge in [0.2, 0.25) is 0 Å². The van der Waals surface area contributed by atoms with Gasteiger partial charge in [0.15, 0.2) is 5.82 Å². The lowest BCUT2D eigenvalue weighted by Crippen LogP contribution is -2.03. The monoisotopic (exact) mass is 227 g/mol. The van der Waals surface area contributed by atoms with Crippen LogP contribution in [0.5, 0.6) is 0 Å². The van der Waals surface area contributed by atoms with Crippen LogP contribution in [0.25, 0.3) is 11.3 Å². The summed E-state index contributed by atoms with van der Waals surface area (Å²) in [5.74, 6) is 0.849. The maximum absolute atomic E-state index is 4.43. The van der Waals surface area contributed by atoms with Crippen LogP contribution in [0.1, 0.15) is 18.1 Å². The van der Waals surface area contributed by atoms with Crippen molar-refractivity contribution in [2.24, 2.45) is 0 Å². The first-order valence-corrected chi connectivity index (χ1v) is 5.85. The number of hydrogen-bond acceptors (Lipinski definition) is 3. The average Bonchev–Trinajstić information content (AvgIpc) is 2.31. The number of hydrogen-bond donors (Lipinski definition) is 1. The average molecular weight is 227 g/mol. The minimum absolute atomic E-state index is 0.844. The van der Waals surface area contributed by atoms with Gasteiger partial charge in [-0.05, 0) is 26.3 Å². The Morgan fingerprint density at radius 1 is 1.12 bits per heavy atom. The zero-order valence-electron chi connectivity index (χ0n) is 10.5. The predicted molar refractivity (Wildman–Crippen MR) is 71.1 cm³/mol. The highest BCUT2D eigenvalue weighted by Crippen LogP contribution is 2.27. The Bertz CT molecular complexity index is 521. The Morgan fingerprint density at radius 2 is 1.88 bits per heavy atom. The molecule has 0 aliphatic heterocycles. The normalized spacial score (nSPS) is 10.3. The van der Waals surface area contributed by atoms with Crippen LogP contribution in [-0.4, -0.2) is 16.5 Å². The first-order chi connectivity index (χ1) is 8.22. The minimum atomic E-state index is 0.844. The van der Waals surface area contributed by atoms with Gasteiger partial charge in [0, 0.05) is 24.5 Å². The molecule has 3 heteroatoms. The van der Waals surface area contributed by atoms with E-state index in [0.717, 1.165) is 23.6 Å². The molecule has 0 spiro atoms. The van der Waals surface area contributed by atoms with Gasteiger partial charge in [0.1, 0.15) is 5.69 Å². The van der Waals surface area contributed by atoms with Gasteiger partial charge in [0.25, 0.3) is 0 Å². The van der Waals surface area contributed by atoms with Gasteiger partial charge in [0.05, 0.1) is 0 Å². The molecule has 0 atom stereocenters. The summed E-state index contributed by atoms with van der Waals surface area (Å²) in [7, 11) is 0. The summed E-state index contributed by atoms with van der Waals surface area (Å²) in [6, 6.07) is 6.38. The lowest BCUT2D eigenvalue weighted by Gasteiger charge is -2.11. The van der Waals surface area contributed by atoms with Crippen LogP contribution in [0, 0.1) is 13.8 Å². The minimum Gasteiger partial charge on any atom is -0.369 e. The summed E-state index contributed by atoms with van der Waals surface area (Å²) in [5, 5.41) is 3.24. The number of nitrogens with one attached hydrogen (secondary N) is 1. The van der Waals surface area contributed by atoms with Gasteiger partial charge in [-0.2, -0.15) is 0 Å². The summed E-state index contributed by atoms with van der Waals surface area (Å²) in [4.78, 5) is 8.77. The van der Waals surface area contributed by atoms with Crippen molar-refractivity contribution in [1.29, 1.82) is 0 Å². The van der Waals surface area contributed by atoms with Crippen LogP contribution in [-0.2, 0) is 0 Å². The van der Waals surface area contributed by atoms with E-state index in [9.17, 15) is 0 Å². The number of anilines is 1. The molecular weight excluding hydrogens is 210 g/mol. The van der Waals surface area contributed by atoms with E-state index < -0.39 is 0 Å². The van der Waals surface area contributed by atoms with Crippen molar-refractivity contribution in [3.63, 3.8) is 0 Å². The first kappa shape index (κ1) is 11.6. The Balaban J connectivity index is 2.52. The Hall–Kier alpha value is -1.90. The Morgan fingerprint density at radius 3 is 2.59 bits per heavy atom. The number of aryl methyl sites for hydroxylation is 2. The topological polar surface area (TPSA) is 37.8 Å². The zero-order chi connectivity index (χ0) is 12.3. The molecule has 1 aromatic carbocycles. The summed E-state index contributed by atoms with van der Waals surface area (Å²) in [6.45, 7) is 7.10. The van der Waals surface area contributed by atoms with Crippen LogP contribution in [0.15, 0.2) is 30.6 Å². The molecule has 2 rings (SSSR count). The lowest BCUT2D eigenvalue weighted by molar-refractivity contribution is 1.12. The second-order valence-corrected chi connectivity index (χ2v) is 4.10. The maximum atomic E-state index is 4.43. The van der Waals surface area contributed by atoms with Crippen molar-refractivity contribution < 1.29 is 0 Å². The molecule has 1 heterocycles. The highest BCUT2D eigenvalue weighted by Gasteiger charge is 2.09. The van der Waals surface area contributed by atoms with Crippen molar-refractivity contribution in [3.8, 4) is 11.3 Å². The molecule has 1 N–H and O–H groups in total. The number of nitrogens with zero attached hydrogens (tertiary/aromatic N) is 2.